The monoisotopic (exact) mass is 990 g/mol. The Morgan fingerprint density at radius 2 is 1.00 bits per heavy atom. The number of nitrogens with zero attached hydrogens (tertiary/aromatic N) is 4. The number of rotatable bonds is 16. The van der Waals surface area contributed by atoms with Gasteiger partial charge in [0.05, 0.1) is 48.3 Å². The molecule has 0 aliphatic heterocycles. The second kappa shape index (κ2) is 22.1. The number of benzene rings is 5. The van der Waals surface area contributed by atoms with Gasteiger partial charge in [0, 0.05) is 21.8 Å². The van der Waals surface area contributed by atoms with Crippen molar-refractivity contribution in [2.75, 3.05) is 27.3 Å². The molecule has 2 atom stereocenters. The molecule has 0 heterocycles. The Labute approximate surface area is 393 Å². The molecule has 15 nitrogen and oxygen atoms in total. The number of carbonyl (C=O) groups is 6. The Morgan fingerprint density at radius 3 is 1.43 bits per heavy atom. The van der Waals surface area contributed by atoms with E-state index in [1.807, 2.05) is 0 Å². The molecule has 0 saturated heterocycles. The summed E-state index contributed by atoms with van der Waals surface area (Å²) in [6.45, 7) is 2.23. The predicted octanol–water partition coefficient (Wildman–Crippen LogP) is 12.0. The summed E-state index contributed by atoms with van der Waals surface area (Å²) < 4.78 is 5.46. The standard InChI is InChI=1S/C41H29Cl7N8O7/c1-19(57)36(55-53-31-7-3-5-24(34(31)47)38(59)50-28-12-9-21(43)15-26(28)45)40(61)49-23-11-14-30(33(17-23)63-18-42)52-41(62)37(20(2)58)56-54-32-8-4-6-25(35(32)48)39(60)51-29-13-10-22(44)16-27(29)46/h3-17,36-37H,18H2,1-2H3,(H,49,61)(H,50,59)(H,51,60)(H,52,62). The minimum Gasteiger partial charge on any atom is -0.476 e. The second-order valence-electron chi connectivity index (χ2n) is 12.8. The Kier molecular flexibility index (Phi) is 17.0. The van der Waals surface area contributed by atoms with Gasteiger partial charge in [-0.2, -0.15) is 20.5 Å². The molecule has 0 fully saturated rings. The lowest BCUT2D eigenvalue weighted by atomic mass is 10.1. The lowest BCUT2D eigenvalue weighted by Crippen LogP contribution is -2.32. The number of halogens is 7. The van der Waals surface area contributed by atoms with Crippen molar-refractivity contribution < 1.29 is 33.5 Å². The van der Waals surface area contributed by atoms with E-state index in [0.717, 1.165) is 13.8 Å². The topological polar surface area (TPSA) is 209 Å². The summed E-state index contributed by atoms with van der Waals surface area (Å²) >= 11 is 43.0. The van der Waals surface area contributed by atoms with Gasteiger partial charge < -0.3 is 26.0 Å². The number of hydrogen-bond acceptors (Lipinski definition) is 11. The van der Waals surface area contributed by atoms with E-state index in [-0.39, 0.29) is 71.1 Å². The number of ketones is 2. The van der Waals surface area contributed by atoms with Crippen molar-refractivity contribution in [2.45, 2.75) is 25.9 Å². The molecule has 4 amide bonds. The molecule has 0 aliphatic rings. The summed E-state index contributed by atoms with van der Waals surface area (Å²) in [5, 5.41) is 26.9. The third kappa shape index (κ3) is 12.7. The van der Waals surface area contributed by atoms with Crippen molar-refractivity contribution in [1.29, 1.82) is 0 Å². The lowest BCUT2D eigenvalue weighted by molar-refractivity contribution is -0.127. The normalized spacial score (nSPS) is 12.1. The van der Waals surface area contributed by atoms with Gasteiger partial charge in [-0.3, -0.25) is 28.8 Å². The molecule has 63 heavy (non-hydrogen) atoms. The van der Waals surface area contributed by atoms with Crippen LogP contribution in [0, 0.1) is 0 Å². The Bertz CT molecular complexity index is 2700. The minimum atomic E-state index is -1.69. The molecule has 22 heteroatoms. The first-order valence-electron chi connectivity index (χ1n) is 17.8. The van der Waals surface area contributed by atoms with Crippen molar-refractivity contribution in [2.24, 2.45) is 20.5 Å². The van der Waals surface area contributed by atoms with Crippen LogP contribution in [0.25, 0.3) is 0 Å². The summed E-state index contributed by atoms with van der Waals surface area (Å²) in [5.74, 6) is -4.56. The van der Waals surface area contributed by atoms with Gasteiger partial charge in [0.1, 0.15) is 17.1 Å². The molecule has 0 saturated carbocycles. The van der Waals surface area contributed by atoms with Gasteiger partial charge >= 0.3 is 0 Å². The van der Waals surface area contributed by atoms with E-state index in [1.165, 1.54) is 91.0 Å². The fourth-order valence-corrected chi connectivity index (χ4v) is 6.80. The van der Waals surface area contributed by atoms with Crippen LogP contribution < -0.4 is 26.0 Å². The average Bonchev–Trinajstić information content (AvgIpc) is 3.22. The summed E-state index contributed by atoms with van der Waals surface area (Å²) in [7, 11) is 0. The number of alkyl halides is 1. The first kappa shape index (κ1) is 48.4. The Morgan fingerprint density at radius 1 is 0.556 bits per heavy atom. The number of anilines is 4. The molecule has 0 aromatic heterocycles. The Hall–Kier alpha value is -5.65. The van der Waals surface area contributed by atoms with Gasteiger partial charge in [0.2, 0.25) is 12.1 Å². The largest absolute Gasteiger partial charge is 0.476 e. The highest BCUT2D eigenvalue weighted by Gasteiger charge is 2.27. The maximum Gasteiger partial charge on any atom is 0.258 e. The fourth-order valence-electron chi connectivity index (χ4n) is 5.28. The van der Waals surface area contributed by atoms with Crippen LogP contribution in [0.4, 0.5) is 34.1 Å². The summed E-state index contributed by atoms with van der Waals surface area (Å²) in [6.07, 6.45) is 0. The van der Waals surface area contributed by atoms with Crippen molar-refractivity contribution in [3.8, 4) is 5.75 Å². The molecule has 4 N–H and O–H groups in total. The van der Waals surface area contributed by atoms with Gasteiger partial charge in [-0.25, -0.2) is 0 Å². The van der Waals surface area contributed by atoms with Crippen molar-refractivity contribution in [1.82, 2.24) is 0 Å². The second-order valence-corrected chi connectivity index (χ2v) is 15.5. The Balaban J connectivity index is 1.28. The van der Waals surface area contributed by atoms with Crippen molar-refractivity contribution >= 4 is 151 Å². The summed E-state index contributed by atoms with van der Waals surface area (Å²) in [4.78, 5) is 77.9. The molecular formula is C41H29Cl7N8O7. The van der Waals surface area contributed by atoms with Crippen LogP contribution in [0.2, 0.25) is 30.1 Å². The van der Waals surface area contributed by atoms with Gasteiger partial charge in [-0.05, 0) is 86.6 Å². The number of carbonyl (C=O) groups excluding carboxylic acids is 6. The van der Waals surface area contributed by atoms with Crippen molar-refractivity contribution in [3.05, 3.63) is 132 Å². The van der Waals surface area contributed by atoms with E-state index in [1.54, 1.807) is 0 Å². The highest BCUT2D eigenvalue weighted by atomic mass is 35.5. The number of hydrogen-bond donors (Lipinski definition) is 4. The quantitative estimate of drug-likeness (QED) is 0.0426. The van der Waals surface area contributed by atoms with Gasteiger partial charge in [0.15, 0.2) is 17.6 Å². The zero-order valence-electron chi connectivity index (χ0n) is 32.3. The molecular weight excluding hydrogens is 965 g/mol. The van der Waals surface area contributed by atoms with E-state index in [2.05, 4.69) is 41.7 Å². The number of ether oxygens (including phenoxy) is 1. The minimum absolute atomic E-state index is 0.00207. The lowest BCUT2D eigenvalue weighted by Gasteiger charge is -2.15. The molecule has 2 unspecified atom stereocenters. The van der Waals surface area contributed by atoms with Crippen LogP contribution in [0.3, 0.4) is 0 Å². The average molecular weight is 994 g/mol. The first-order valence-corrected chi connectivity index (χ1v) is 20.6. The number of Topliss-reactive ketones (excluding diaryl/α,β-unsaturated/α-hetero) is 2. The van der Waals surface area contributed by atoms with Gasteiger partial charge in [0.25, 0.3) is 23.6 Å². The fraction of sp³-hybridized carbons (Fsp3) is 0.122. The van der Waals surface area contributed by atoms with Crippen LogP contribution in [0.1, 0.15) is 34.6 Å². The molecule has 0 spiro atoms. The van der Waals surface area contributed by atoms with E-state index in [9.17, 15) is 28.8 Å². The molecule has 0 aliphatic carbocycles. The van der Waals surface area contributed by atoms with Crippen LogP contribution in [-0.4, -0.2) is 53.3 Å². The van der Waals surface area contributed by atoms with Crippen LogP contribution in [-0.2, 0) is 19.2 Å². The number of azo groups is 2. The van der Waals surface area contributed by atoms with E-state index in [4.69, 9.17) is 85.9 Å². The zero-order chi connectivity index (χ0) is 46.0. The first-order chi connectivity index (χ1) is 30.0. The number of amides is 4. The van der Waals surface area contributed by atoms with Gasteiger partial charge in [-0.15, -0.1) is 0 Å². The van der Waals surface area contributed by atoms with Crippen LogP contribution >= 0.6 is 81.2 Å². The summed E-state index contributed by atoms with van der Waals surface area (Å²) in [5.41, 5.74) is 0.581. The smallest absolute Gasteiger partial charge is 0.258 e. The SMILES string of the molecule is CC(=O)C(N=Nc1cccc(C(=O)Nc2ccc(Cl)cc2Cl)c1Cl)C(=O)Nc1ccc(NC(=O)C(N=Nc2cccc(C(=O)Nc3ccc(Cl)cc3Cl)c2Cl)C(C)=O)c(OCCl)c1. The molecule has 5 aromatic carbocycles. The van der Waals surface area contributed by atoms with Gasteiger partial charge in [-0.1, -0.05) is 93.3 Å². The summed E-state index contributed by atoms with van der Waals surface area (Å²) in [6, 6.07) is 17.8. The number of nitrogens with one attached hydrogen (secondary N) is 4. The third-order valence-corrected chi connectivity index (χ3v) is 10.3. The predicted molar refractivity (Wildman–Crippen MR) is 245 cm³/mol. The van der Waals surface area contributed by atoms with Crippen molar-refractivity contribution in [3.63, 3.8) is 0 Å². The molecule has 0 radical (unpaired) electrons. The molecule has 5 aromatic rings. The van der Waals surface area contributed by atoms with Crippen LogP contribution in [0.5, 0.6) is 5.75 Å². The van der Waals surface area contributed by atoms with Crippen LogP contribution in [0.15, 0.2) is 111 Å². The van der Waals surface area contributed by atoms with E-state index >= 15 is 0 Å². The highest BCUT2D eigenvalue weighted by molar-refractivity contribution is 6.39. The molecule has 324 valence electrons. The van der Waals surface area contributed by atoms with E-state index in [0.29, 0.717) is 10.0 Å². The maximum absolute atomic E-state index is 13.4. The molecule has 0 bridgehead atoms. The molecule has 5 rings (SSSR count). The zero-order valence-corrected chi connectivity index (χ0v) is 37.6. The van der Waals surface area contributed by atoms with E-state index < -0.39 is 53.3 Å². The maximum atomic E-state index is 13.4. The third-order valence-electron chi connectivity index (χ3n) is 8.35. The highest BCUT2D eigenvalue weighted by Crippen LogP contribution is 2.34.